The molecule has 0 unspecified atom stereocenters. The molecule has 1 rings (SSSR count). The molecule has 0 aliphatic heterocycles. The van der Waals surface area contributed by atoms with Crippen molar-refractivity contribution in [2.75, 3.05) is 19.7 Å². The van der Waals surface area contributed by atoms with Crippen LogP contribution in [0.25, 0.3) is 0 Å². The van der Waals surface area contributed by atoms with Crippen molar-refractivity contribution in [3.05, 3.63) is 29.3 Å². The Morgan fingerprint density at radius 2 is 1.86 bits per heavy atom. The molecule has 14 heteroatoms. The van der Waals surface area contributed by atoms with Crippen LogP contribution >= 0.6 is 11.6 Å². The molecular weight excluding hydrogens is 431 g/mol. The Morgan fingerprint density at radius 1 is 1.18 bits per heavy atom. The molecule has 156 valence electrons. The predicted octanol–water partition coefficient (Wildman–Crippen LogP) is 0.940. The molecule has 0 aliphatic rings. The number of imide groups is 1. The number of amides is 3. The van der Waals surface area contributed by atoms with Gasteiger partial charge in [-0.05, 0) is 18.2 Å². The second-order valence-electron chi connectivity index (χ2n) is 5.11. The number of urea groups is 1. The van der Waals surface area contributed by atoms with Crippen molar-refractivity contribution in [2.24, 2.45) is 0 Å². The normalized spacial score (nSPS) is 11.6. The van der Waals surface area contributed by atoms with Crippen LogP contribution in [0.2, 0.25) is 5.02 Å². The Hall–Kier alpha value is -2.38. The van der Waals surface area contributed by atoms with Gasteiger partial charge < -0.3 is 10.1 Å². The van der Waals surface area contributed by atoms with E-state index in [-0.39, 0.29) is 16.5 Å². The summed E-state index contributed by atoms with van der Waals surface area (Å²) >= 11 is 5.70. The third-order valence-corrected chi connectivity index (χ3v) is 4.49. The van der Waals surface area contributed by atoms with E-state index in [1.165, 1.54) is 34.9 Å². The van der Waals surface area contributed by atoms with E-state index in [0.29, 0.717) is 0 Å². The highest BCUT2D eigenvalue weighted by Gasteiger charge is 2.28. The maximum Gasteiger partial charge on any atom is 0.405 e. The van der Waals surface area contributed by atoms with Crippen molar-refractivity contribution in [2.45, 2.75) is 17.5 Å². The van der Waals surface area contributed by atoms with Gasteiger partial charge in [0.2, 0.25) is 10.0 Å². The number of rotatable bonds is 8. The first-order chi connectivity index (χ1) is 12.9. The number of carbonyl (C=O) groups is 3. The van der Waals surface area contributed by atoms with E-state index >= 15 is 0 Å². The van der Waals surface area contributed by atoms with Gasteiger partial charge in [0.15, 0.2) is 6.61 Å². The lowest BCUT2D eigenvalue weighted by Crippen LogP contribution is -2.44. The highest BCUT2D eigenvalue weighted by Crippen LogP contribution is 2.15. The van der Waals surface area contributed by atoms with Crippen LogP contribution in [0.15, 0.2) is 29.2 Å². The summed E-state index contributed by atoms with van der Waals surface area (Å²) in [7, 11) is -3.91. The Kier molecular flexibility index (Phi) is 8.65. The Labute approximate surface area is 162 Å². The van der Waals surface area contributed by atoms with Crippen molar-refractivity contribution in [3.8, 4) is 0 Å². The molecule has 1 aromatic rings. The molecular formula is C14H15ClF3N3O6S. The van der Waals surface area contributed by atoms with Gasteiger partial charge in [-0.3, -0.25) is 14.9 Å². The number of benzene rings is 1. The molecule has 0 fully saturated rings. The molecule has 0 bridgehead atoms. The number of alkyl halides is 3. The molecule has 9 nitrogen and oxygen atoms in total. The van der Waals surface area contributed by atoms with Gasteiger partial charge in [0, 0.05) is 11.6 Å². The van der Waals surface area contributed by atoms with E-state index in [2.05, 4.69) is 9.46 Å². The van der Waals surface area contributed by atoms with E-state index < -0.39 is 53.7 Å². The minimum absolute atomic E-state index is 0.113. The second kappa shape index (κ2) is 10.2. The smallest absolute Gasteiger partial charge is 0.405 e. The first-order valence-electron chi connectivity index (χ1n) is 7.44. The highest BCUT2D eigenvalue weighted by molar-refractivity contribution is 7.89. The van der Waals surface area contributed by atoms with Gasteiger partial charge in [0.1, 0.15) is 6.54 Å². The van der Waals surface area contributed by atoms with Crippen LogP contribution in [0, 0.1) is 0 Å². The van der Waals surface area contributed by atoms with Gasteiger partial charge in [-0.25, -0.2) is 17.9 Å². The molecule has 0 radical (unpaired) electrons. The summed E-state index contributed by atoms with van der Waals surface area (Å²) < 4.78 is 66.2. The number of sulfonamides is 1. The summed E-state index contributed by atoms with van der Waals surface area (Å²) in [6.45, 7) is -2.92. The van der Waals surface area contributed by atoms with Gasteiger partial charge in [-0.15, -0.1) is 0 Å². The van der Waals surface area contributed by atoms with Gasteiger partial charge >= 0.3 is 18.2 Å². The number of carbonyl (C=O) groups excluding carboxylic acids is 3. The quantitative estimate of drug-likeness (QED) is 0.510. The van der Waals surface area contributed by atoms with Crippen LogP contribution < -0.4 is 15.4 Å². The molecule has 0 saturated heterocycles. The van der Waals surface area contributed by atoms with Gasteiger partial charge in [0.05, 0.1) is 11.3 Å². The lowest BCUT2D eigenvalue weighted by Gasteiger charge is -2.09. The molecule has 0 spiro atoms. The first kappa shape index (κ1) is 23.7. The third-order valence-electron chi connectivity index (χ3n) is 2.79. The average molecular weight is 446 g/mol. The molecule has 0 atom stereocenters. The summed E-state index contributed by atoms with van der Waals surface area (Å²) in [6, 6.07) is 3.99. The van der Waals surface area contributed by atoms with Crippen LogP contribution in [-0.4, -0.2) is 52.2 Å². The summed E-state index contributed by atoms with van der Waals surface area (Å²) in [5, 5.41) is 3.12. The van der Waals surface area contributed by atoms with E-state index in [1.807, 2.05) is 0 Å². The van der Waals surface area contributed by atoms with Gasteiger partial charge in [-0.2, -0.15) is 13.2 Å². The fourth-order valence-electron chi connectivity index (χ4n) is 1.61. The number of hydrogen-bond acceptors (Lipinski definition) is 6. The SMILES string of the molecule is O=C(COC(=O)CCNS(=O)(=O)c1cccc(Cl)c1)NC(=O)NCC(F)(F)F. The molecule has 0 saturated carbocycles. The number of hydrogen-bond donors (Lipinski definition) is 3. The zero-order valence-electron chi connectivity index (χ0n) is 14.0. The maximum atomic E-state index is 12.0. The molecule has 28 heavy (non-hydrogen) atoms. The highest BCUT2D eigenvalue weighted by atomic mass is 35.5. The van der Waals surface area contributed by atoms with Crippen LogP contribution in [0.5, 0.6) is 0 Å². The summed E-state index contributed by atoms with van der Waals surface area (Å²) in [5.41, 5.74) is 0. The molecule has 0 heterocycles. The van der Waals surface area contributed by atoms with Crippen LogP contribution in [-0.2, 0) is 24.3 Å². The van der Waals surface area contributed by atoms with Crippen molar-refractivity contribution in [1.82, 2.24) is 15.4 Å². The van der Waals surface area contributed by atoms with Crippen molar-refractivity contribution >= 4 is 39.5 Å². The topological polar surface area (TPSA) is 131 Å². The molecule has 3 amide bonds. The van der Waals surface area contributed by atoms with Crippen LogP contribution in [0.4, 0.5) is 18.0 Å². The van der Waals surface area contributed by atoms with Crippen molar-refractivity contribution < 1.29 is 40.7 Å². The Morgan fingerprint density at radius 3 is 2.46 bits per heavy atom. The monoisotopic (exact) mass is 445 g/mol. The van der Waals surface area contributed by atoms with Crippen LogP contribution in [0.3, 0.4) is 0 Å². The van der Waals surface area contributed by atoms with E-state index in [1.54, 1.807) is 0 Å². The van der Waals surface area contributed by atoms with Gasteiger partial charge in [0.25, 0.3) is 5.91 Å². The Balaban J connectivity index is 2.31. The molecule has 0 aliphatic carbocycles. The molecule has 3 N–H and O–H groups in total. The lowest BCUT2D eigenvalue weighted by molar-refractivity contribution is -0.148. The van der Waals surface area contributed by atoms with Crippen LogP contribution in [0.1, 0.15) is 6.42 Å². The summed E-state index contributed by atoms with van der Waals surface area (Å²) in [6.07, 6.45) is -5.08. The minimum Gasteiger partial charge on any atom is -0.456 e. The van der Waals surface area contributed by atoms with E-state index in [4.69, 9.17) is 11.6 Å². The standard InChI is InChI=1S/C14H15ClF3N3O6S/c15-9-2-1-3-10(6-9)28(25,26)20-5-4-12(23)27-7-11(22)21-13(24)19-8-14(16,17)18/h1-3,6,20H,4-5,7-8H2,(H2,19,21,22,24). The number of esters is 1. The minimum atomic E-state index is -4.65. The van der Waals surface area contributed by atoms with E-state index in [0.717, 1.165) is 0 Å². The van der Waals surface area contributed by atoms with Crippen molar-refractivity contribution in [1.29, 1.82) is 0 Å². The second-order valence-corrected chi connectivity index (χ2v) is 7.32. The number of ether oxygens (including phenoxy) is 1. The van der Waals surface area contributed by atoms with E-state index in [9.17, 15) is 36.0 Å². The first-order valence-corrected chi connectivity index (χ1v) is 9.30. The third kappa shape index (κ3) is 9.53. The molecule has 0 aromatic heterocycles. The zero-order valence-corrected chi connectivity index (χ0v) is 15.6. The average Bonchev–Trinajstić information content (AvgIpc) is 2.57. The number of nitrogens with one attached hydrogen (secondary N) is 3. The fourth-order valence-corrected chi connectivity index (χ4v) is 2.94. The lowest BCUT2D eigenvalue weighted by atomic mass is 10.4. The van der Waals surface area contributed by atoms with Gasteiger partial charge in [-0.1, -0.05) is 17.7 Å². The number of halogens is 4. The predicted molar refractivity (Wildman–Crippen MR) is 89.8 cm³/mol. The Bertz CT molecular complexity index is 832. The summed E-state index contributed by atoms with van der Waals surface area (Å²) in [5.74, 6) is -2.13. The summed E-state index contributed by atoms with van der Waals surface area (Å²) in [4.78, 5) is 33.6. The largest absolute Gasteiger partial charge is 0.456 e. The van der Waals surface area contributed by atoms with Crippen molar-refractivity contribution in [3.63, 3.8) is 0 Å². The molecule has 1 aromatic carbocycles. The zero-order chi connectivity index (χ0) is 21.4. The maximum absolute atomic E-state index is 12.0. The fraction of sp³-hybridized carbons (Fsp3) is 0.357.